The van der Waals surface area contributed by atoms with Gasteiger partial charge in [0.1, 0.15) is 11.5 Å². The molecule has 0 aliphatic carbocycles. The predicted molar refractivity (Wildman–Crippen MR) is 96.3 cm³/mol. The van der Waals surface area contributed by atoms with Crippen molar-refractivity contribution in [3.8, 4) is 0 Å². The molecule has 2 saturated heterocycles. The summed E-state index contributed by atoms with van der Waals surface area (Å²) in [6.45, 7) is 3.72. The summed E-state index contributed by atoms with van der Waals surface area (Å²) in [6.07, 6.45) is 2.17. The molecule has 7 nitrogen and oxygen atoms in total. The van der Waals surface area contributed by atoms with E-state index in [4.69, 9.17) is 0 Å². The van der Waals surface area contributed by atoms with E-state index < -0.39 is 0 Å². The van der Waals surface area contributed by atoms with E-state index in [1.807, 2.05) is 4.90 Å². The van der Waals surface area contributed by atoms with E-state index in [1.54, 1.807) is 29.3 Å². The molecule has 1 aromatic heterocycles. The van der Waals surface area contributed by atoms with Crippen LogP contribution in [0.1, 0.15) is 22.5 Å². The van der Waals surface area contributed by atoms with Crippen LogP contribution in [0.4, 0.5) is 4.39 Å². The summed E-state index contributed by atoms with van der Waals surface area (Å²) in [4.78, 5) is 31.3. The summed E-state index contributed by atoms with van der Waals surface area (Å²) in [7, 11) is 0. The molecule has 0 spiro atoms. The number of nitrogens with one attached hydrogen (secondary N) is 1. The summed E-state index contributed by atoms with van der Waals surface area (Å²) in [5, 5.41) is 6.54. The lowest BCUT2D eigenvalue weighted by Gasteiger charge is -2.39. The van der Waals surface area contributed by atoms with E-state index in [9.17, 15) is 14.0 Å². The Balaban J connectivity index is 1.41. The Bertz CT molecular complexity index is 808. The maximum absolute atomic E-state index is 13.1. The number of halogens is 1. The molecule has 4 rings (SSSR count). The SMILES string of the molecule is O=C(c1ccn[nH]1)N1CCC2C(=O)N(Cc3ccc(F)cc3)CCN2CC1. The zero-order valence-electron chi connectivity index (χ0n) is 15.0. The van der Waals surface area contributed by atoms with Gasteiger partial charge in [0.05, 0.1) is 6.04 Å². The fourth-order valence-corrected chi connectivity index (χ4v) is 3.81. The number of rotatable bonds is 3. The van der Waals surface area contributed by atoms with Gasteiger partial charge in [-0.05, 0) is 30.2 Å². The molecule has 142 valence electrons. The molecule has 0 radical (unpaired) electrons. The van der Waals surface area contributed by atoms with Gasteiger partial charge in [0, 0.05) is 45.5 Å². The Kier molecular flexibility index (Phi) is 4.89. The number of carbonyl (C=O) groups excluding carboxylic acids is 2. The highest BCUT2D eigenvalue weighted by Crippen LogP contribution is 2.20. The lowest BCUT2D eigenvalue weighted by Crippen LogP contribution is -2.56. The number of carbonyl (C=O) groups is 2. The first-order valence-corrected chi connectivity index (χ1v) is 9.18. The number of hydrogen-bond donors (Lipinski definition) is 1. The minimum Gasteiger partial charge on any atom is -0.336 e. The van der Waals surface area contributed by atoms with Crippen molar-refractivity contribution in [2.75, 3.05) is 32.7 Å². The largest absolute Gasteiger partial charge is 0.336 e. The first-order chi connectivity index (χ1) is 13.1. The van der Waals surface area contributed by atoms with Crippen LogP contribution < -0.4 is 0 Å². The summed E-state index contributed by atoms with van der Waals surface area (Å²) >= 11 is 0. The van der Waals surface area contributed by atoms with Gasteiger partial charge in [-0.15, -0.1) is 0 Å². The number of benzene rings is 1. The number of fused-ring (bicyclic) bond motifs is 1. The smallest absolute Gasteiger partial charge is 0.271 e. The zero-order valence-corrected chi connectivity index (χ0v) is 15.0. The second kappa shape index (κ2) is 7.48. The number of aromatic nitrogens is 2. The Morgan fingerprint density at radius 1 is 1.11 bits per heavy atom. The van der Waals surface area contributed by atoms with E-state index in [-0.39, 0.29) is 23.7 Å². The van der Waals surface area contributed by atoms with Crippen LogP contribution in [0.5, 0.6) is 0 Å². The number of piperazine rings is 1. The topological polar surface area (TPSA) is 72.5 Å². The fourth-order valence-electron chi connectivity index (χ4n) is 3.81. The van der Waals surface area contributed by atoms with Gasteiger partial charge < -0.3 is 9.80 Å². The van der Waals surface area contributed by atoms with Gasteiger partial charge in [-0.25, -0.2) is 4.39 Å². The molecule has 2 aromatic rings. The van der Waals surface area contributed by atoms with Gasteiger partial charge in [-0.3, -0.25) is 19.6 Å². The van der Waals surface area contributed by atoms with Gasteiger partial charge in [0.2, 0.25) is 5.91 Å². The minimum atomic E-state index is -0.277. The molecular formula is C19H22FN5O2. The van der Waals surface area contributed by atoms with Gasteiger partial charge in [-0.1, -0.05) is 12.1 Å². The zero-order chi connectivity index (χ0) is 18.8. The molecule has 2 fully saturated rings. The van der Waals surface area contributed by atoms with Crippen molar-refractivity contribution in [1.29, 1.82) is 0 Å². The van der Waals surface area contributed by atoms with Crippen molar-refractivity contribution in [3.05, 3.63) is 53.6 Å². The van der Waals surface area contributed by atoms with Crippen molar-refractivity contribution in [1.82, 2.24) is 24.9 Å². The van der Waals surface area contributed by atoms with Crippen molar-refractivity contribution in [2.45, 2.75) is 19.0 Å². The van der Waals surface area contributed by atoms with E-state index in [1.165, 1.54) is 12.1 Å². The van der Waals surface area contributed by atoms with Crippen LogP contribution in [0, 0.1) is 5.82 Å². The van der Waals surface area contributed by atoms with Crippen molar-refractivity contribution >= 4 is 11.8 Å². The molecule has 27 heavy (non-hydrogen) atoms. The molecule has 1 N–H and O–H groups in total. The van der Waals surface area contributed by atoms with Crippen LogP contribution >= 0.6 is 0 Å². The Labute approximate surface area is 156 Å². The highest BCUT2D eigenvalue weighted by molar-refractivity contribution is 5.92. The molecule has 2 amide bonds. The third-order valence-corrected chi connectivity index (χ3v) is 5.33. The van der Waals surface area contributed by atoms with Crippen molar-refractivity contribution in [2.24, 2.45) is 0 Å². The summed E-state index contributed by atoms with van der Waals surface area (Å²) in [5.41, 5.74) is 1.39. The van der Waals surface area contributed by atoms with E-state index in [0.717, 1.165) is 12.1 Å². The second-order valence-electron chi connectivity index (χ2n) is 6.99. The Hall–Kier alpha value is -2.74. The summed E-state index contributed by atoms with van der Waals surface area (Å²) in [5.74, 6) is -0.273. The number of hydrogen-bond acceptors (Lipinski definition) is 4. The molecule has 0 saturated carbocycles. The van der Waals surface area contributed by atoms with Crippen molar-refractivity contribution in [3.63, 3.8) is 0 Å². The van der Waals surface area contributed by atoms with E-state index in [0.29, 0.717) is 44.8 Å². The van der Waals surface area contributed by atoms with Gasteiger partial charge in [-0.2, -0.15) is 5.10 Å². The first kappa shape index (κ1) is 17.7. The van der Waals surface area contributed by atoms with Crippen LogP contribution in [0.15, 0.2) is 36.5 Å². The van der Waals surface area contributed by atoms with E-state index >= 15 is 0 Å². The van der Waals surface area contributed by atoms with Crippen LogP contribution in [-0.2, 0) is 11.3 Å². The maximum atomic E-state index is 13.1. The number of aromatic amines is 1. The highest BCUT2D eigenvalue weighted by Gasteiger charge is 2.37. The third kappa shape index (κ3) is 3.71. The molecular weight excluding hydrogens is 349 g/mol. The molecule has 8 heteroatoms. The minimum absolute atomic E-state index is 0.0806. The van der Waals surface area contributed by atoms with Crippen LogP contribution in [-0.4, -0.2) is 75.5 Å². The molecule has 3 heterocycles. The highest BCUT2D eigenvalue weighted by atomic mass is 19.1. The lowest BCUT2D eigenvalue weighted by molar-refractivity contribution is -0.142. The third-order valence-electron chi connectivity index (χ3n) is 5.33. The molecule has 2 aliphatic rings. The first-order valence-electron chi connectivity index (χ1n) is 9.18. The lowest BCUT2D eigenvalue weighted by atomic mass is 10.1. The average Bonchev–Trinajstić information content (AvgIpc) is 3.12. The average molecular weight is 371 g/mol. The van der Waals surface area contributed by atoms with Gasteiger partial charge in [0.15, 0.2) is 0 Å². The van der Waals surface area contributed by atoms with Crippen molar-refractivity contribution < 1.29 is 14.0 Å². The van der Waals surface area contributed by atoms with Crippen LogP contribution in [0.2, 0.25) is 0 Å². The second-order valence-corrected chi connectivity index (χ2v) is 6.99. The molecule has 1 aromatic carbocycles. The number of H-pyrrole nitrogens is 1. The van der Waals surface area contributed by atoms with Gasteiger partial charge >= 0.3 is 0 Å². The fraction of sp³-hybridized carbons (Fsp3) is 0.421. The Morgan fingerprint density at radius 3 is 2.63 bits per heavy atom. The molecule has 1 unspecified atom stereocenters. The maximum Gasteiger partial charge on any atom is 0.271 e. The molecule has 2 aliphatic heterocycles. The standard InChI is InChI=1S/C19H22FN5O2/c20-15-3-1-14(2-4-15)13-25-12-10-23-9-11-24(8-6-17(23)19(25)27)18(26)16-5-7-21-22-16/h1-5,7,17H,6,8-13H2,(H,21,22). The van der Waals surface area contributed by atoms with Crippen LogP contribution in [0.25, 0.3) is 0 Å². The normalized spacial score (nSPS) is 21.1. The van der Waals surface area contributed by atoms with Crippen LogP contribution in [0.3, 0.4) is 0 Å². The number of amides is 2. The monoisotopic (exact) mass is 371 g/mol. The molecule has 0 bridgehead atoms. The summed E-state index contributed by atoms with van der Waals surface area (Å²) in [6, 6.07) is 7.72. The predicted octanol–water partition coefficient (Wildman–Crippen LogP) is 1.11. The molecule has 1 atom stereocenters. The van der Waals surface area contributed by atoms with Gasteiger partial charge in [0.25, 0.3) is 5.91 Å². The Morgan fingerprint density at radius 2 is 1.89 bits per heavy atom. The summed E-state index contributed by atoms with van der Waals surface area (Å²) < 4.78 is 13.1. The van der Waals surface area contributed by atoms with E-state index in [2.05, 4.69) is 15.1 Å². The quantitative estimate of drug-likeness (QED) is 0.877. The number of nitrogens with zero attached hydrogens (tertiary/aromatic N) is 4.